The molecule has 1 N–H and O–H groups in total. The van der Waals surface area contributed by atoms with Gasteiger partial charge >= 0.3 is 6.03 Å². The first kappa shape index (κ1) is 16.9. The van der Waals surface area contributed by atoms with Gasteiger partial charge in [0.25, 0.3) is 0 Å². The molecule has 5 nitrogen and oxygen atoms in total. The SMILES string of the molecule is CN(C)C(=O)N1CCCC(C(=O)Nc2cc(Cl)cc(Cl)c2)C1. The van der Waals surface area contributed by atoms with Crippen LogP contribution in [0.15, 0.2) is 18.2 Å². The molecule has 120 valence electrons. The van der Waals surface area contributed by atoms with Gasteiger partial charge in [0.1, 0.15) is 0 Å². The summed E-state index contributed by atoms with van der Waals surface area (Å²) in [6, 6.07) is 4.84. The third-order valence-electron chi connectivity index (χ3n) is 3.58. The predicted octanol–water partition coefficient (Wildman–Crippen LogP) is 3.33. The van der Waals surface area contributed by atoms with Gasteiger partial charge in [-0.1, -0.05) is 23.2 Å². The summed E-state index contributed by atoms with van der Waals surface area (Å²) in [7, 11) is 3.42. The van der Waals surface area contributed by atoms with Crippen LogP contribution in [0.3, 0.4) is 0 Å². The van der Waals surface area contributed by atoms with E-state index in [1.54, 1.807) is 37.2 Å². The molecule has 7 heteroatoms. The van der Waals surface area contributed by atoms with Gasteiger partial charge in [-0.25, -0.2) is 4.79 Å². The van der Waals surface area contributed by atoms with Crippen LogP contribution in [0.1, 0.15) is 12.8 Å². The third kappa shape index (κ3) is 4.27. The van der Waals surface area contributed by atoms with Crippen LogP contribution < -0.4 is 5.32 Å². The number of hydrogen-bond donors (Lipinski definition) is 1. The molecule has 1 heterocycles. The Labute approximate surface area is 140 Å². The van der Waals surface area contributed by atoms with Crippen LogP contribution in [0.2, 0.25) is 10.0 Å². The maximum Gasteiger partial charge on any atom is 0.319 e. The number of anilines is 1. The summed E-state index contributed by atoms with van der Waals surface area (Å²) in [5, 5.41) is 3.76. The Morgan fingerprint density at radius 3 is 2.45 bits per heavy atom. The van der Waals surface area contributed by atoms with Crippen LogP contribution in [0.4, 0.5) is 10.5 Å². The molecule has 3 amide bonds. The molecule has 1 aromatic rings. The number of urea groups is 1. The minimum atomic E-state index is -0.226. The molecule has 1 atom stereocenters. The first-order chi connectivity index (χ1) is 10.4. The molecule has 1 aliphatic heterocycles. The van der Waals surface area contributed by atoms with E-state index in [9.17, 15) is 9.59 Å². The van der Waals surface area contributed by atoms with Crippen molar-refractivity contribution in [2.75, 3.05) is 32.5 Å². The highest BCUT2D eigenvalue weighted by atomic mass is 35.5. The Kier molecular flexibility index (Phi) is 5.53. The van der Waals surface area contributed by atoms with Crippen LogP contribution in [0.5, 0.6) is 0 Å². The Morgan fingerprint density at radius 1 is 1.23 bits per heavy atom. The molecule has 1 unspecified atom stereocenters. The van der Waals surface area contributed by atoms with E-state index in [0.29, 0.717) is 28.8 Å². The molecule has 0 bridgehead atoms. The Morgan fingerprint density at radius 2 is 1.86 bits per heavy atom. The quantitative estimate of drug-likeness (QED) is 0.895. The van der Waals surface area contributed by atoms with Gasteiger partial charge < -0.3 is 15.1 Å². The van der Waals surface area contributed by atoms with Crippen molar-refractivity contribution in [3.05, 3.63) is 28.2 Å². The van der Waals surface area contributed by atoms with E-state index in [2.05, 4.69) is 5.32 Å². The lowest BCUT2D eigenvalue weighted by Crippen LogP contribution is -2.47. The molecular weight excluding hydrogens is 325 g/mol. The van der Waals surface area contributed by atoms with Crippen molar-refractivity contribution < 1.29 is 9.59 Å². The van der Waals surface area contributed by atoms with Gasteiger partial charge in [0.05, 0.1) is 5.92 Å². The fourth-order valence-corrected chi connectivity index (χ4v) is 3.04. The highest BCUT2D eigenvalue weighted by Gasteiger charge is 2.29. The second-order valence-corrected chi connectivity index (χ2v) is 6.48. The molecule has 0 aliphatic carbocycles. The van der Waals surface area contributed by atoms with Gasteiger partial charge in [-0.2, -0.15) is 0 Å². The molecule has 22 heavy (non-hydrogen) atoms. The normalized spacial score (nSPS) is 18.0. The summed E-state index contributed by atoms with van der Waals surface area (Å²) in [5.41, 5.74) is 0.568. The molecule has 0 saturated carbocycles. The number of nitrogens with one attached hydrogen (secondary N) is 1. The lowest BCUT2D eigenvalue weighted by Gasteiger charge is -2.33. The van der Waals surface area contributed by atoms with E-state index in [-0.39, 0.29) is 17.9 Å². The van der Waals surface area contributed by atoms with Crippen LogP contribution in [0, 0.1) is 5.92 Å². The van der Waals surface area contributed by atoms with Crippen LogP contribution in [-0.2, 0) is 4.79 Å². The molecule has 0 spiro atoms. The number of carbonyl (C=O) groups excluding carboxylic acids is 2. The number of carbonyl (C=O) groups is 2. The van der Waals surface area contributed by atoms with Crippen molar-refractivity contribution >= 4 is 40.8 Å². The number of nitrogens with zero attached hydrogens (tertiary/aromatic N) is 2. The van der Waals surface area contributed by atoms with Gasteiger partial charge in [0.2, 0.25) is 5.91 Å². The molecule has 1 aliphatic rings. The minimum Gasteiger partial charge on any atom is -0.331 e. The highest BCUT2D eigenvalue weighted by molar-refractivity contribution is 6.35. The zero-order valence-corrected chi connectivity index (χ0v) is 14.1. The first-order valence-corrected chi connectivity index (χ1v) is 7.85. The van der Waals surface area contributed by atoms with E-state index >= 15 is 0 Å². The molecule has 0 radical (unpaired) electrons. The van der Waals surface area contributed by atoms with Crippen molar-refractivity contribution in [1.29, 1.82) is 0 Å². The predicted molar refractivity (Wildman–Crippen MR) is 88.5 cm³/mol. The molecule has 1 saturated heterocycles. The zero-order chi connectivity index (χ0) is 16.3. The Bertz CT molecular complexity index is 558. The fraction of sp³-hybridized carbons (Fsp3) is 0.467. The number of halogens is 2. The van der Waals surface area contributed by atoms with Crippen molar-refractivity contribution in [3.8, 4) is 0 Å². The number of likely N-dealkylation sites (tertiary alicyclic amines) is 1. The van der Waals surface area contributed by atoms with Crippen LogP contribution in [-0.4, -0.2) is 48.9 Å². The summed E-state index contributed by atoms with van der Waals surface area (Å²) in [4.78, 5) is 27.6. The molecule has 1 aromatic carbocycles. The zero-order valence-electron chi connectivity index (χ0n) is 12.6. The molecule has 0 aromatic heterocycles. The average molecular weight is 344 g/mol. The van der Waals surface area contributed by atoms with Crippen molar-refractivity contribution in [2.45, 2.75) is 12.8 Å². The lowest BCUT2D eigenvalue weighted by atomic mass is 9.97. The van der Waals surface area contributed by atoms with Gasteiger partial charge in [-0.15, -0.1) is 0 Å². The second kappa shape index (κ2) is 7.20. The monoisotopic (exact) mass is 343 g/mol. The molecular formula is C15H19Cl2N3O2. The maximum absolute atomic E-state index is 12.4. The van der Waals surface area contributed by atoms with E-state index in [1.165, 1.54) is 4.90 Å². The van der Waals surface area contributed by atoms with E-state index in [4.69, 9.17) is 23.2 Å². The lowest BCUT2D eigenvalue weighted by molar-refractivity contribution is -0.121. The topological polar surface area (TPSA) is 52.7 Å². The number of hydrogen-bond acceptors (Lipinski definition) is 2. The van der Waals surface area contributed by atoms with E-state index < -0.39 is 0 Å². The van der Waals surface area contributed by atoms with Crippen molar-refractivity contribution in [2.24, 2.45) is 5.92 Å². The van der Waals surface area contributed by atoms with E-state index in [1.807, 2.05) is 0 Å². The maximum atomic E-state index is 12.4. The molecule has 2 rings (SSSR count). The Balaban J connectivity index is 2.01. The van der Waals surface area contributed by atoms with Gasteiger partial charge in [-0.05, 0) is 31.0 Å². The van der Waals surface area contributed by atoms with Crippen LogP contribution in [0.25, 0.3) is 0 Å². The molecule has 1 fully saturated rings. The standard InChI is InChI=1S/C15H19Cl2N3O2/c1-19(2)15(22)20-5-3-4-10(9-20)14(21)18-13-7-11(16)6-12(17)8-13/h6-8,10H,3-5,9H2,1-2H3,(H,18,21). The van der Waals surface area contributed by atoms with Crippen molar-refractivity contribution in [1.82, 2.24) is 9.80 Å². The summed E-state index contributed by atoms with van der Waals surface area (Å²) < 4.78 is 0. The number of piperidine rings is 1. The summed E-state index contributed by atoms with van der Waals surface area (Å²) in [6.07, 6.45) is 1.57. The minimum absolute atomic E-state index is 0.0664. The average Bonchev–Trinajstić information content (AvgIpc) is 2.45. The third-order valence-corrected chi connectivity index (χ3v) is 4.01. The Hall–Kier alpha value is -1.46. The van der Waals surface area contributed by atoms with Gasteiger partial charge in [-0.3, -0.25) is 4.79 Å². The van der Waals surface area contributed by atoms with Crippen molar-refractivity contribution in [3.63, 3.8) is 0 Å². The second-order valence-electron chi connectivity index (χ2n) is 5.61. The summed E-state index contributed by atoms with van der Waals surface area (Å²) >= 11 is 11.8. The van der Waals surface area contributed by atoms with Gasteiger partial charge in [0.15, 0.2) is 0 Å². The number of benzene rings is 1. The summed E-state index contributed by atoms with van der Waals surface area (Å²) in [6.45, 7) is 1.11. The number of amides is 3. The van der Waals surface area contributed by atoms with E-state index in [0.717, 1.165) is 12.8 Å². The smallest absolute Gasteiger partial charge is 0.319 e. The number of rotatable bonds is 2. The van der Waals surface area contributed by atoms with Gasteiger partial charge in [0, 0.05) is 42.9 Å². The largest absolute Gasteiger partial charge is 0.331 e. The highest BCUT2D eigenvalue weighted by Crippen LogP contribution is 2.24. The first-order valence-electron chi connectivity index (χ1n) is 7.10. The summed E-state index contributed by atoms with van der Waals surface area (Å²) in [5.74, 6) is -0.343. The van der Waals surface area contributed by atoms with Crippen LogP contribution >= 0.6 is 23.2 Å². The fourth-order valence-electron chi connectivity index (χ4n) is 2.52.